The number of aliphatic hydroxyl groups is 2. The van der Waals surface area contributed by atoms with Crippen LogP contribution in [0.1, 0.15) is 17.2 Å². The summed E-state index contributed by atoms with van der Waals surface area (Å²) < 4.78 is 5.52. The van der Waals surface area contributed by atoms with Crippen molar-refractivity contribution in [3.63, 3.8) is 0 Å². The van der Waals surface area contributed by atoms with Crippen LogP contribution in [0, 0.1) is 0 Å². The molecule has 1 aromatic carbocycles. The van der Waals surface area contributed by atoms with E-state index in [0.29, 0.717) is 18.1 Å². The Morgan fingerprint density at radius 1 is 1.17 bits per heavy atom. The second-order valence-corrected chi connectivity index (χ2v) is 3.90. The number of benzene rings is 1. The Morgan fingerprint density at radius 3 is 2.67 bits per heavy atom. The topological polar surface area (TPSA) is 62.6 Å². The van der Waals surface area contributed by atoms with E-state index in [1.807, 2.05) is 30.3 Å². The fourth-order valence-electron chi connectivity index (χ4n) is 1.55. The molecule has 0 amide bonds. The molecule has 2 aromatic rings. The highest BCUT2D eigenvalue weighted by Gasteiger charge is 2.07. The van der Waals surface area contributed by atoms with Crippen molar-refractivity contribution in [1.82, 2.24) is 4.98 Å². The van der Waals surface area contributed by atoms with Crippen molar-refractivity contribution in [2.75, 3.05) is 6.61 Å². The molecule has 4 heteroatoms. The number of pyridine rings is 1. The number of nitrogens with zero attached hydrogens (tertiary/aromatic N) is 1. The summed E-state index contributed by atoms with van der Waals surface area (Å²) in [6.07, 6.45) is 0.654. The maximum atomic E-state index is 9.51. The third kappa shape index (κ3) is 3.29. The molecule has 0 radical (unpaired) electrons. The third-order valence-electron chi connectivity index (χ3n) is 2.55. The van der Waals surface area contributed by atoms with E-state index in [1.165, 1.54) is 0 Å². The smallest absolute Gasteiger partial charge is 0.213 e. The van der Waals surface area contributed by atoms with E-state index in [9.17, 15) is 5.11 Å². The van der Waals surface area contributed by atoms with Gasteiger partial charge in [0.05, 0.1) is 6.61 Å². The molecular formula is C14H15NO3. The summed E-state index contributed by atoms with van der Waals surface area (Å²) in [6, 6.07) is 13.0. The minimum Gasteiger partial charge on any atom is -0.473 e. The van der Waals surface area contributed by atoms with Crippen molar-refractivity contribution < 1.29 is 14.9 Å². The monoisotopic (exact) mass is 245 g/mol. The van der Waals surface area contributed by atoms with Crippen molar-refractivity contribution in [3.8, 4) is 5.88 Å². The molecule has 0 saturated heterocycles. The molecule has 0 unspecified atom stereocenters. The summed E-state index contributed by atoms with van der Waals surface area (Å²) in [4.78, 5) is 4.06. The average Bonchev–Trinajstić information content (AvgIpc) is 2.45. The van der Waals surface area contributed by atoms with Gasteiger partial charge in [-0.05, 0) is 17.2 Å². The van der Waals surface area contributed by atoms with Gasteiger partial charge in [-0.3, -0.25) is 0 Å². The van der Waals surface area contributed by atoms with Gasteiger partial charge in [-0.2, -0.15) is 0 Å². The molecule has 0 aliphatic rings. The Balaban J connectivity index is 2.01. The van der Waals surface area contributed by atoms with E-state index in [0.717, 1.165) is 5.56 Å². The van der Waals surface area contributed by atoms with Crippen LogP contribution in [0.25, 0.3) is 0 Å². The quantitative estimate of drug-likeness (QED) is 0.841. The van der Waals surface area contributed by atoms with Crippen LogP contribution in [-0.2, 0) is 6.61 Å². The second-order valence-electron chi connectivity index (χ2n) is 3.90. The Bertz CT molecular complexity index is 487. The van der Waals surface area contributed by atoms with Gasteiger partial charge in [-0.25, -0.2) is 4.98 Å². The zero-order valence-corrected chi connectivity index (χ0v) is 9.86. The number of hydrogen-bond donors (Lipinski definition) is 2. The molecule has 1 aromatic heterocycles. The molecule has 0 aliphatic carbocycles. The van der Waals surface area contributed by atoms with E-state index in [-0.39, 0.29) is 6.61 Å². The number of rotatable bonds is 5. The highest BCUT2D eigenvalue weighted by Crippen LogP contribution is 2.17. The van der Waals surface area contributed by atoms with Gasteiger partial charge in [0.2, 0.25) is 5.88 Å². The van der Waals surface area contributed by atoms with Crippen LogP contribution in [0.2, 0.25) is 0 Å². The molecule has 0 fully saturated rings. The van der Waals surface area contributed by atoms with Crippen LogP contribution in [0.15, 0.2) is 48.7 Å². The average molecular weight is 245 g/mol. The van der Waals surface area contributed by atoms with Crippen LogP contribution in [0.3, 0.4) is 0 Å². The van der Waals surface area contributed by atoms with E-state index in [2.05, 4.69) is 4.98 Å². The third-order valence-corrected chi connectivity index (χ3v) is 2.55. The fraction of sp³-hybridized carbons (Fsp3) is 0.214. The van der Waals surface area contributed by atoms with Crippen molar-refractivity contribution >= 4 is 0 Å². The summed E-state index contributed by atoms with van der Waals surface area (Å²) in [5, 5.41) is 18.4. The van der Waals surface area contributed by atoms with Gasteiger partial charge in [0.1, 0.15) is 12.7 Å². The van der Waals surface area contributed by atoms with Gasteiger partial charge >= 0.3 is 0 Å². The van der Waals surface area contributed by atoms with Crippen LogP contribution in [-0.4, -0.2) is 21.8 Å². The second kappa shape index (κ2) is 6.14. The summed E-state index contributed by atoms with van der Waals surface area (Å²) in [7, 11) is 0. The number of ether oxygens (including phenoxy) is 1. The predicted molar refractivity (Wildman–Crippen MR) is 67.1 cm³/mol. The molecule has 0 spiro atoms. The van der Waals surface area contributed by atoms with Gasteiger partial charge in [0.25, 0.3) is 0 Å². The molecular weight excluding hydrogens is 230 g/mol. The highest BCUT2D eigenvalue weighted by atomic mass is 16.5. The first-order valence-electron chi connectivity index (χ1n) is 5.71. The van der Waals surface area contributed by atoms with Crippen LogP contribution < -0.4 is 4.74 Å². The lowest BCUT2D eigenvalue weighted by atomic mass is 10.1. The normalized spacial score (nSPS) is 12.1. The van der Waals surface area contributed by atoms with Crippen LogP contribution >= 0.6 is 0 Å². The maximum absolute atomic E-state index is 9.51. The van der Waals surface area contributed by atoms with Crippen LogP contribution in [0.5, 0.6) is 5.88 Å². The van der Waals surface area contributed by atoms with Crippen molar-refractivity contribution in [2.24, 2.45) is 0 Å². The van der Waals surface area contributed by atoms with E-state index in [1.54, 1.807) is 18.3 Å². The van der Waals surface area contributed by atoms with Crippen molar-refractivity contribution in [2.45, 2.75) is 12.7 Å². The molecule has 0 saturated carbocycles. The van der Waals surface area contributed by atoms with E-state index >= 15 is 0 Å². The van der Waals surface area contributed by atoms with Gasteiger partial charge in [-0.15, -0.1) is 0 Å². The molecule has 0 aliphatic heterocycles. The first-order valence-corrected chi connectivity index (χ1v) is 5.71. The maximum Gasteiger partial charge on any atom is 0.213 e. The van der Waals surface area contributed by atoms with Crippen LogP contribution in [0.4, 0.5) is 0 Å². The first kappa shape index (κ1) is 12.5. The largest absolute Gasteiger partial charge is 0.473 e. The van der Waals surface area contributed by atoms with Gasteiger partial charge in [0, 0.05) is 12.3 Å². The molecule has 2 rings (SSSR count). The highest BCUT2D eigenvalue weighted by molar-refractivity contribution is 5.23. The Labute approximate surface area is 106 Å². The van der Waals surface area contributed by atoms with Gasteiger partial charge in [-0.1, -0.05) is 30.3 Å². The predicted octanol–water partition coefficient (Wildman–Crippen LogP) is 1.69. The summed E-state index contributed by atoms with van der Waals surface area (Å²) in [5.41, 5.74) is 1.64. The Kier molecular flexibility index (Phi) is 4.28. The fourth-order valence-corrected chi connectivity index (χ4v) is 1.55. The minimum atomic E-state index is -0.896. The molecule has 0 bridgehead atoms. The molecule has 1 atom stereocenters. The Morgan fingerprint density at radius 2 is 1.94 bits per heavy atom. The molecule has 2 N–H and O–H groups in total. The van der Waals surface area contributed by atoms with Crippen molar-refractivity contribution in [3.05, 3.63) is 59.8 Å². The molecule has 1 heterocycles. The summed E-state index contributed by atoms with van der Waals surface area (Å²) in [5.74, 6) is 0.434. The van der Waals surface area contributed by atoms with Gasteiger partial charge in [0.15, 0.2) is 0 Å². The lowest BCUT2D eigenvalue weighted by Gasteiger charge is -2.09. The Hall–Kier alpha value is -1.91. The zero-order valence-electron chi connectivity index (χ0n) is 9.86. The number of aliphatic hydroxyl groups excluding tert-OH is 2. The lowest BCUT2D eigenvalue weighted by Crippen LogP contribution is -2.04. The van der Waals surface area contributed by atoms with Crippen molar-refractivity contribution in [1.29, 1.82) is 0 Å². The zero-order chi connectivity index (χ0) is 12.8. The minimum absolute atomic E-state index is 0.317. The molecule has 4 nitrogen and oxygen atoms in total. The van der Waals surface area contributed by atoms with Gasteiger partial charge < -0.3 is 14.9 Å². The SMILES string of the molecule is OC[C@@H](O)c1ccnc(OCc2ccccc2)c1. The molecule has 18 heavy (non-hydrogen) atoms. The first-order chi connectivity index (χ1) is 8.79. The summed E-state index contributed by atoms with van der Waals surface area (Å²) >= 11 is 0. The van der Waals surface area contributed by atoms with E-state index in [4.69, 9.17) is 9.84 Å². The molecule has 94 valence electrons. The lowest BCUT2D eigenvalue weighted by molar-refractivity contribution is 0.0952. The summed E-state index contributed by atoms with van der Waals surface area (Å²) in [6.45, 7) is 0.106. The number of hydrogen-bond acceptors (Lipinski definition) is 4. The number of aromatic nitrogens is 1. The van der Waals surface area contributed by atoms with E-state index < -0.39 is 6.10 Å². The standard InChI is InChI=1S/C14H15NO3/c16-9-13(17)12-6-7-15-14(8-12)18-10-11-4-2-1-3-5-11/h1-8,13,16-17H,9-10H2/t13-/m1/s1.